The van der Waals surface area contributed by atoms with E-state index in [4.69, 9.17) is 21.1 Å². The van der Waals surface area contributed by atoms with Crippen LogP contribution in [0.25, 0.3) is 10.8 Å². The Morgan fingerprint density at radius 3 is 2.47 bits per heavy atom. The van der Waals surface area contributed by atoms with Crippen molar-refractivity contribution in [2.45, 2.75) is 20.1 Å². The van der Waals surface area contributed by atoms with E-state index in [-0.39, 0.29) is 0 Å². The van der Waals surface area contributed by atoms with Crippen molar-refractivity contribution in [2.24, 2.45) is 0 Å². The summed E-state index contributed by atoms with van der Waals surface area (Å²) >= 11 is 6.57. The molecule has 3 nitrogen and oxygen atoms in total. The molecule has 0 aromatic heterocycles. The van der Waals surface area contributed by atoms with Gasteiger partial charge in [-0.2, -0.15) is 0 Å². The number of halogens is 1. The molecule has 0 unspecified atom stereocenters. The highest BCUT2D eigenvalue weighted by atomic mass is 35.5. The molecule has 4 heteroatoms. The SMILES string of the molecule is COc1cc(CNc2ccc(C)cc2)cc(Cl)c1OCc1cccc2ccccc12. The third-order valence-corrected chi connectivity index (χ3v) is 5.37. The fourth-order valence-electron chi connectivity index (χ4n) is 3.46. The maximum atomic E-state index is 6.57. The van der Waals surface area contributed by atoms with Gasteiger partial charge in [-0.15, -0.1) is 0 Å². The maximum Gasteiger partial charge on any atom is 0.180 e. The molecule has 0 aliphatic carbocycles. The molecule has 0 bridgehead atoms. The van der Waals surface area contributed by atoms with Gasteiger partial charge in [0.25, 0.3) is 0 Å². The van der Waals surface area contributed by atoms with Crippen LogP contribution in [-0.4, -0.2) is 7.11 Å². The predicted molar refractivity (Wildman–Crippen MR) is 125 cm³/mol. The van der Waals surface area contributed by atoms with Crippen LogP contribution in [-0.2, 0) is 13.2 Å². The van der Waals surface area contributed by atoms with Gasteiger partial charge in [-0.3, -0.25) is 0 Å². The van der Waals surface area contributed by atoms with E-state index in [1.165, 1.54) is 16.3 Å². The average molecular weight is 418 g/mol. The Morgan fingerprint density at radius 1 is 0.900 bits per heavy atom. The van der Waals surface area contributed by atoms with Crippen molar-refractivity contribution >= 4 is 28.1 Å². The van der Waals surface area contributed by atoms with E-state index in [9.17, 15) is 0 Å². The number of methoxy groups -OCH3 is 1. The molecule has 4 aromatic carbocycles. The second-order valence-corrected chi connectivity index (χ2v) is 7.66. The van der Waals surface area contributed by atoms with Crippen molar-refractivity contribution in [3.8, 4) is 11.5 Å². The fraction of sp³-hybridized carbons (Fsp3) is 0.154. The smallest absolute Gasteiger partial charge is 0.180 e. The fourth-order valence-corrected chi connectivity index (χ4v) is 3.75. The van der Waals surface area contributed by atoms with Crippen LogP contribution >= 0.6 is 11.6 Å². The number of fused-ring (bicyclic) bond motifs is 1. The molecule has 0 fully saturated rings. The molecule has 0 aliphatic rings. The Hall–Kier alpha value is -3.17. The van der Waals surface area contributed by atoms with Crippen molar-refractivity contribution < 1.29 is 9.47 Å². The third-order valence-electron chi connectivity index (χ3n) is 5.09. The lowest BCUT2D eigenvalue weighted by molar-refractivity contribution is 0.285. The van der Waals surface area contributed by atoms with Gasteiger partial charge in [0.15, 0.2) is 11.5 Å². The first-order valence-corrected chi connectivity index (χ1v) is 10.3. The average Bonchev–Trinajstić information content (AvgIpc) is 2.77. The van der Waals surface area contributed by atoms with Crippen LogP contribution in [0.5, 0.6) is 11.5 Å². The minimum Gasteiger partial charge on any atom is -0.493 e. The third kappa shape index (κ3) is 4.52. The molecule has 0 heterocycles. The van der Waals surface area contributed by atoms with E-state index >= 15 is 0 Å². The minimum absolute atomic E-state index is 0.415. The van der Waals surface area contributed by atoms with Gasteiger partial charge >= 0.3 is 0 Å². The van der Waals surface area contributed by atoms with Gasteiger partial charge in [0.05, 0.1) is 12.1 Å². The predicted octanol–water partition coefficient (Wildman–Crippen LogP) is 7.00. The molecule has 30 heavy (non-hydrogen) atoms. The van der Waals surface area contributed by atoms with Crippen molar-refractivity contribution in [1.29, 1.82) is 0 Å². The van der Waals surface area contributed by atoms with Gasteiger partial charge in [-0.05, 0) is 53.1 Å². The van der Waals surface area contributed by atoms with Crippen LogP contribution in [0, 0.1) is 6.92 Å². The number of nitrogens with one attached hydrogen (secondary N) is 1. The van der Waals surface area contributed by atoms with E-state index in [0.29, 0.717) is 29.7 Å². The molecule has 0 aliphatic heterocycles. The summed E-state index contributed by atoms with van der Waals surface area (Å²) < 4.78 is 11.7. The van der Waals surface area contributed by atoms with E-state index in [2.05, 4.69) is 60.8 Å². The van der Waals surface area contributed by atoms with Gasteiger partial charge in [0.2, 0.25) is 0 Å². The molecule has 0 spiro atoms. The number of benzene rings is 4. The molecular weight excluding hydrogens is 394 g/mol. The van der Waals surface area contributed by atoms with Crippen molar-refractivity contribution in [2.75, 3.05) is 12.4 Å². The summed E-state index contributed by atoms with van der Waals surface area (Å²) in [5.41, 5.74) is 4.43. The lowest BCUT2D eigenvalue weighted by atomic mass is 10.1. The topological polar surface area (TPSA) is 30.5 Å². The summed E-state index contributed by atoms with van der Waals surface area (Å²) in [5, 5.41) is 6.31. The first-order chi connectivity index (χ1) is 14.6. The molecule has 0 saturated carbocycles. The first-order valence-electron chi connectivity index (χ1n) is 9.90. The molecule has 152 valence electrons. The Balaban J connectivity index is 1.51. The summed E-state index contributed by atoms with van der Waals surface area (Å²) in [5.74, 6) is 1.19. The monoisotopic (exact) mass is 417 g/mol. The normalized spacial score (nSPS) is 10.8. The lowest BCUT2D eigenvalue weighted by Crippen LogP contribution is -2.03. The van der Waals surface area contributed by atoms with Crippen LogP contribution < -0.4 is 14.8 Å². The van der Waals surface area contributed by atoms with Crippen LogP contribution in [0.1, 0.15) is 16.7 Å². The largest absolute Gasteiger partial charge is 0.493 e. The summed E-state index contributed by atoms with van der Waals surface area (Å²) in [7, 11) is 1.63. The van der Waals surface area contributed by atoms with Gasteiger partial charge in [0, 0.05) is 12.2 Å². The molecule has 1 N–H and O–H groups in total. The summed E-state index contributed by atoms with van der Waals surface area (Å²) in [6.45, 7) is 3.13. The second kappa shape index (κ2) is 9.10. The molecule has 0 radical (unpaired) electrons. The first kappa shape index (κ1) is 20.1. The molecule has 4 aromatic rings. The number of ether oxygens (including phenoxy) is 2. The zero-order valence-corrected chi connectivity index (χ0v) is 17.9. The highest BCUT2D eigenvalue weighted by Gasteiger charge is 2.13. The zero-order valence-electron chi connectivity index (χ0n) is 17.1. The van der Waals surface area contributed by atoms with Gasteiger partial charge in [-0.25, -0.2) is 0 Å². The summed E-state index contributed by atoms with van der Waals surface area (Å²) in [6, 6.07) is 26.7. The lowest BCUT2D eigenvalue weighted by Gasteiger charge is -2.16. The Morgan fingerprint density at radius 2 is 1.67 bits per heavy atom. The van der Waals surface area contributed by atoms with Crippen molar-refractivity contribution in [3.05, 3.63) is 101 Å². The molecular formula is C26H24ClNO2. The van der Waals surface area contributed by atoms with Gasteiger partial charge in [0.1, 0.15) is 6.61 Å². The van der Waals surface area contributed by atoms with Crippen LogP contribution in [0.3, 0.4) is 0 Å². The van der Waals surface area contributed by atoms with Crippen LogP contribution in [0.4, 0.5) is 5.69 Å². The Labute approximate surface area is 182 Å². The number of rotatable bonds is 7. The van der Waals surface area contributed by atoms with Gasteiger partial charge < -0.3 is 14.8 Å². The molecule has 4 rings (SSSR count). The molecule has 0 amide bonds. The number of hydrogen-bond donors (Lipinski definition) is 1. The standard InChI is InChI=1S/C26H24ClNO2/c1-18-10-12-22(13-11-18)28-16-19-14-24(27)26(25(15-19)29-2)30-17-21-8-5-7-20-6-3-4-9-23(20)21/h3-15,28H,16-17H2,1-2H3. The molecule has 0 atom stereocenters. The van der Waals surface area contributed by atoms with E-state index < -0.39 is 0 Å². The molecule has 0 saturated heterocycles. The highest BCUT2D eigenvalue weighted by molar-refractivity contribution is 6.32. The number of aryl methyl sites for hydroxylation is 1. The number of anilines is 1. The minimum atomic E-state index is 0.415. The highest BCUT2D eigenvalue weighted by Crippen LogP contribution is 2.37. The van der Waals surface area contributed by atoms with Crippen LogP contribution in [0.15, 0.2) is 78.9 Å². The quantitative estimate of drug-likeness (QED) is 0.351. The van der Waals surface area contributed by atoms with E-state index in [1.54, 1.807) is 7.11 Å². The second-order valence-electron chi connectivity index (χ2n) is 7.26. The van der Waals surface area contributed by atoms with E-state index in [1.807, 2.05) is 30.3 Å². The van der Waals surface area contributed by atoms with E-state index in [0.717, 1.165) is 16.8 Å². The summed E-state index contributed by atoms with van der Waals surface area (Å²) in [6.07, 6.45) is 0. The maximum absolute atomic E-state index is 6.57. The van der Waals surface area contributed by atoms with Crippen molar-refractivity contribution in [1.82, 2.24) is 0 Å². The Bertz CT molecular complexity index is 1150. The zero-order chi connectivity index (χ0) is 20.9. The number of hydrogen-bond acceptors (Lipinski definition) is 3. The summed E-state index contributed by atoms with van der Waals surface area (Å²) in [4.78, 5) is 0. The van der Waals surface area contributed by atoms with Crippen molar-refractivity contribution in [3.63, 3.8) is 0 Å². The Kier molecular flexibility index (Phi) is 6.10. The van der Waals surface area contributed by atoms with Crippen LogP contribution in [0.2, 0.25) is 5.02 Å². The van der Waals surface area contributed by atoms with Gasteiger partial charge in [-0.1, -0.05) is 71.8 Å².